The van der Waals surface area contributed by atoms with Gasteiger partial charge in [-0.1, -0.05) is 44.2 Å². The van der Waals surface area contributed by atoms with Crippen molar-refractivity contribution in [3.8, 4) is 0 Å². The third-order valence-electron chi connectivity index (χ3n) is 4.65. The Morgan fingerprint density at radius 2 is 1.56 bits per heavy atom. The van der Waals surface area contributed by atoms with E-state index in [4.69, 9.17) is 14.2 Å². The molecule has 0 aliphatic rings. The van der Waals surface area contributed by atoms with E-state index in [0.29, 0.717) is 6.42 Å². The Morgan fingerprint density at radius 3 is 2.06 bits per heavy atom. The first-order valence-electron chi connectivity index (χ1n) is 11.7. The van der Waals surface area contributed by atoms with Gasteiger partial charge in [0.2, 0.25) is 5.91 Å². The summed E-state index contributed by atoms with van der Waals surface area (Å²) in [6, 6.07) is 7.46. The molecule has 0 radical (unpaired) electrons. The lowest BCUT2D eigenvalue weighted by atomic mass is 10.0. The maximum Gasteiger partial charge on any atom is 0.410 e. The monoisotopic (exact) mass is 478 g/mol. The van der Waals surface area contributed by atoms with Crippen molar-refractivity contribution in [2.45, 2.75) is 91.7 Å². The second-order valence-electron chi connectivity index (χ2n) is 10.8. The third kappa shape index (κ3) is 11.5. The first kappa shape index (κ1) is 29.4. The van der Waals surface area contributed by atoms with Gasteiger partial charge < -0.3 is 19.5 Å². The number of benzene rings is 1. The Kier molecular flexibility index (Phi) is 11.0. The number of hydrogen-bond acceptors (Lipinski definition) is 6. The van der Waals surface area contributed by atoms with E-state index in [1.54, 1.807) is 20.8 Å². The summed E-state index contributed by atoms with van der Waals surface area (Å²) in [5.74, 6) is -0.949. The largest absolute Gasteiger partial charge is 0.458 e. The summed E-state index contributed by atoms with van der Waals surface area (Å²) in [4.78, 5) is 40.1. The fourth-order valence-electron chi connectivity index (χ4n) is 2.98. The van der Waals surface area contributed by atoms with Crippen molar-refractivity contribution >= 4 is 18.0 Å². The van der Waals surface area contributed by atoms with Gasteiger partial charge in [0.15, 0.2) is 6.04 Å². The van der Waals surface area contributed by atoms with Crippen LogP contribution in [-0.4, -0.2) is 59.8 Å². The van der Waals surface area contributed by atoms with Gasteiger partial charge >= 0.3 is 12.1 Å². The van der Waals surface area contributed by atoms with Crippen LogP contribution < -0.4 is 5.32 Å². The van der Waals surface area contributed by atoms with Gasteiger partial charge in [0.1, 0.15) is 18.2 Å². The molecule has 1 rings (SSSR count). The summed E-state index contributed by atoms with van der Waals surface area (Å²) in [5.41, 5.74) is -0.393. The normalized spacial score (nSPS) is 13.7. The number of hydrogen-bond donors (Lipinski definition) is 1. The van der Waals surface area contributed by atoms with E-state index in [9.17, 15) is 14.4 Å². The molecule has 0 aliphatic heterocycles. The zero-order valence-corrected chi connectivity index (χ0v) is 22.1. The maximum atomic E-state index is 13.3. The Morgan fingerprint density at radius 1 is 0.971 bits per heavy atom. The average Bonchev–Trinajstić information content (AvgIpc) is 2.71. The van der Waals surface area contributed by atoms with Crippen molar-refractivity contribution in [2.24, 2.45) is 5.92 Å². The minimum absolute atomic E-state index is 0.0548. The molecule has 1 N–H and O–H groups in total. The van der Waals surface area contributed by atoms with Gasteiger partial charge in [0.05, 0.1) is 12.2 Å². The topological polar surface area (TPSA) is 94.2 Å². The van der Waals surface area contributed by atoms with Gasteiger partial charge in [-0.05, 0) is 59.4 Å². The lowest BCUT2D eigenvalue weighted by Gasteiger charge is -2.31. The molecule has 34 heavy (non-hydrogen) atoms. The van der Waals surface area contributed by atoms with E-state index in [0.717, 1.165) is 5.56 Å². The van der Waals surface area contributed by atoms with Gasteiger partial charge in [-0.15, -0.1) is 0 Å². The van der Waals surface area contributed by atoms with Crippen molar-refractivity contribution in [1.29, 1.82) is 0 Å². The minimum atomic E-state index is -1.02. The van der Waals surface area contributed by atoms with Crippen molar-refractivity contribution < 1.29 is 28.6 Å². The van der Waals surface area contributed by atoms with Gasteiger partial charge in [-0.25, -0.2) is 9.59 Å². The van der Waals surface area contributed by atoms with E-state index in [2.05, 4.69) is 5.32 Å². The van der Waals surface area contributed by atoms with Crippen LogP contribution in [0.3, 0.4) is 0 Å². The molecule has 0 heterocycles. The molecule has 2 amide bonds. The van der Waals surface area contributed by atoms with E-state index >= 15 is 0 Å². The summed E-state index contributed by atoms with van der Waals surface area (Å²) in [7, 11) is 1.52. The lowest BCUT2D eigenvalue weighted by Crippen LogP contribution is -2.55. The van der Waals surface area contributed by atoms with Crippen LogP contribution in [0.4, 0.5) is 4.79 Å². The van der Waals surface area contributed by atoms with Crippen LogP contribution in [0.1, 0.15) is 67.4 Å². The molecule has 2 atom stereocenters. The van der Waals surface area contributed by atoms with Crippen LogP contribution in [-0.2, 0) is 30.4 Å². The molecule has 8 nitrogen and oxygen atoms in total. The van der Waals surface area contributed by atoms with E-state index in [-0.39, 0.29) is 19.1 Å². The second-order valence-corrected chi connectivity index (χ2v) is 10.8. The zero-order valence-electron chi connectivity index (χ0n) is 22.1. The summed E-state index contributed by atoms with van der Waals surface area (Å²) in [5, 5.41) is 2.74. The second kappa shape index (κ2) is 12.7. The van der Waals surface area contributed by atoms with Gasteiger partial charge in [-0.2, -0.15) is 0 Å². The molecule has 0 saturated carbocycles. The molecule has 192 valence electrons. The smallest absolute Gasteiger partial charge is 0.410 e. The SMILES string of the molecule is CC(C)C[C@@H](C(=O)N[C@@H](COC(C)(C)C)C(=O)OC(C)(C)C)N(C)C(=O)OCc1ccccc1. The highest BCUT2D eigenvalue weighted by Crippen LogP contribution is 2.15. The molecular weight excluding hydrogens is 436 g/mol. The summed E-state index contributed by atoms with van der Waals surface area (Å²) >= 11 is 0. The lowest BCUT2D eigenvalue weighted by molar-refractivity contribution is -0.162. The minimum Gasteiger partial charge on any atom is -0.458 e. The first-order valence-corrected chi connectivity index (χ1v) is 11.7. The summed E-state index contributed by atoms with van der Waals surface area (Å²) in [6.07, 6.45) is -0.228. The average molecular weight is 479 g/mol. The maximum absolute atomic E-state index is 13.3. The van der Waals surface area contributed by atoms with E-state index < -0.39 is 41.3 Å². The fourth-order valence-corrected chi connectivity index (χ4v) is 2.98. The molecule has 0 unspecified atom stereocenters. The molecule has 1 aromatic rings. The molecule has 0 saturated heterocycles. The fraction of sp³-hybridized carbons (Fsp3) is 0.654. The first-order chi connectivity index (χ1) is 15.6. The van der Waals surface area contributed by atoms with Crippen molar-refractivity contribution in [2.75, 3.05) is 13.7 Å². The van der Waals surface area contributed by atoms with Crippen molar-refractivity contribution in [3.05, 3.63) is 35.9 Å². The molecule has 1 aromatic carbocycles. The molecule has 0 aliphatic carbocycles. The Hall–Kier alpha value is -2.61. The van der Waals surface area contributed by atoms with Gasteiger partial charge in [-0.3, -0.25) is 9.69 Å². The number of carbonyl (C=O) groups excluding carboxylic acids is 3. The predicted octanol–water partition coefficient (Wildman–Crippen LogP) is 4.31. The van der Waals surface area contributed by atoms with Crippen LogP contribution in [0.15, 0.2) is 30.3 Å². The highest BCUT2D eigenvalue weighted by molar-refractivity contribution is 5.89. The third-order valence-corrected chi connectivity index (χ3v) is 4.65. The van der Waals surface area contributed by atoms with Crippen molar-refractivity contribution in [3.63, 3.8) is 0 Å². The molecule has 0 bridgehead atoms. The van der Waals surface area contributed by atoms with E-state index in [1.807, 2.05) is 65.0 Å². The highest BCUT2D eigenvalue weighted by Gasteiger charge is 2.34. The quantitative estimate of drug-likeness (QED) is 0.504. The Labute approximate surface area is 204 Å². The standard InChI is InChI=1S/C26H42N2O6/c1-18(2)15-21(28(9)24(31)32-16-19-13-11-10-12-14-19)22(29)27-20(17-33-25(3,4)5)23(30)34-26(6,7)8/h10-14,18,20-21H,15-17H2,1-9H3,(H,27,29)/t20-,21-/m0/s1. The highest BCUT2D eigenvalue weighted by atomic mass is 16.6. The number of rotatable bonds is 10. The molecule has 0 aromatic heterocycles. The molecule has 8 heteroatoms. The Balaban J connectivity index is 2.97. The van der Waals surface area contributed by atoms with Crippen LogP contribution in [0, 0.1) is 5.92 Å². The number of carbonyl (C=O) groups is 3. The molecule has 0 spiro atoms. The number of esters is 1. The van der Waals surface area contributed by atoms with Crippen LogP contribution >= 0.6 is 0 Å². The molecule has 0 fully saturated rings. The van der Waals surface area contributed by atoms with Gasteiger partial charge in [0, 0.05) is 7.05 Å². The predicted molar refractivity (Wildman–Crippen MR) is 131 cm³/mol. The molecular formula is C26H42N2O6. The number of ether oxygens (including phenoxy) is 3. The zero-order chi connectivity index (χ0) is 26.1. The van der Waals surface area contributed by atoms with E-state index in [1.165, 1.54) is 11.9 Å². The van der Waals surface area contributed by atoms with Crippen LogP contribution in [0.5, 0.6) is 0 Å². The number of nitrogens with one attached hydrogen (secondary N) is 1. The number of likely N-dealkylation sites (N-methyl/N-ethyl adjacent to an activating group) is 1. The summed E-state index contributed by atoms with van der Waals surface area (Å²) in [6.45, 7) is 14.8. The number of nitrogens with zero attached hydrogens (tertiary/aromatic N) is 1. The van der Waals surface area contributed by atoms with Gasteiger partial charge in [0.25, 0.3) is 0 Å². The van der Waals surface area contributed by atoms with Crippen molar-refractivity contribution in [1.82, 2.24) is 10.2 Å². The summed E-state index contributed by atoms with van der Waals surface area (Å²) < 4.78 is 16.7. The van der Waals surface area contributed by atoms with Crippen LogP contribution in [0.25, 0.3) is 0 Å². The van der Waals surface area contributed by atoms with Crippen LogP contribution in [0.2, 0.25) is 0 Å². The Bertz CT molecular complexity index is 796. The number of amides is 2.